The first kappa shape index (κ1) is 14.7. The molecular formula is C10H8ClNaO3. The van der Waals surface area contributed by atoms with Crippen LogP contribution in [0.4, 0.5) is 0 Å². The number of aliphatic hydroxyl groups is 1. The van der Waals surface area contributed by atoms with Gasteiger partial charge in [-0.2, -0.15) is 0 Å². The van der Waals surface area contributed by atoms with E-state index in [1.165, 1.54) is 0 Å². The number of aliphatic carboxylic acids is 1. The first-order valence-corrected chi connectivity index (χ1v) is 4.30. The summed E-state index contributed by atoms with van der Waals surface area (Å²) in [4.78, 5) is 10.1. The zero-order valence-corrected chi connectivity index (χ0v) is 10.9. The minimum absolute atomic E-state index is 0. The molecule has 15 heavy (non-hydrogen) atoms. The van der Waals surface area contributed by atoms with Crippen molar-refractivity contribution in [2.45, 2.75) is 6.10 Å². The Bertz CT molecular complexity index is 348. The van der Waals surface area contributed by atoms with E-state index in [1.54, 1.807) is 24.3 Å². The van der Waals surface area contributed by atoms with Crippen molar-refractivity contribution in [1.29, 1.82) is 0 Å². The Labute approximate surface area is 115 Å². The Morgan fingerprint density at radius 2 is 1.93 bits per heavy atom. The normalized spacial score (nSPS) is 12.1. The molecule has 1 aromatic rings. The van der Waals surface area contributed by atoms with Crippen LogP contribution < -0.4 is 34.7 Å². The second kappa shape index (κ2) is 7.04. The van der Waals surface area contributed by atoms with Crippen molar-refractivity contribution in [3.8, 4) is 0 Å². The largest absolute Gasteiger partial charge is 1.00 e. The van der Waals surface area contributed by atoms with Gasteiger partial charge in [-0.25, -0.2) is 0 Å². The van der Waals surface area contributed by atoms with Crippen molar-refractivity contribution in [2.24, 2.45) is 0 Å². The molecule has 0 radical (unpaired) electrons. The van der Waals surface area contributed by atoms with Crippen molar-refractivity contribution >= 4 is 17.6 Å². The summed E-state index contributed by atoms with van der Waals surface area (Å²) < 4.78 is 0. The number of carboxylic acid groups (broad SMARTS) is 1. The Kier molecular flexibility index (Phi) is 6.89. The van der Waals surface area contributed by atoms with Crippen LogP contribution in [-0.2, 0) is 4.79 Å². The molecule has 0 aliphatic rings. The van der Waals surface area contributed by atoms with Gasteiger partial charge in [0.25, 0.3) is 0 Å². The predicted molar refractivity (Wildman–Crippen MR) is 50.6 cm³/mol. The fourth-order valence-corrected chi connectivity index (χ4v) is 1.07. The Morgan fingerprint density at radius 1 is 1.40 bits per heavy atom. The van der Waals surface area contributed by atoms with E-state index in [-0.39, 0.29) is 29.6 Å². The summed E-state index contributed by atoms with van der Waals surface area (Å²) in [5.41, 5.74) is 0.576. The number of benzene rings is 1. The quantitative estimate of drug-likeness (QED) is 0.472. The molecule has 1 aromatic carbocycles. The van der Waals surface area contributed by atoms with Gasteiger partial charge in [0, 0.05) is 5.02 Å². The maximum atomic E-state index is 10.1. The number of hydrogen-bond donors (Lipinski definition) is 1. The predicted octanol–water partition coefficient (Wildman–Crippen LogP) is -2.32. The van der Waals surface area contributed by atoms with Crippen molar-refractivity contribution in [1.82, 2.24) is 0 Å². The second-order valence-corrected chi connectivity index (χ2v) is 3.11. The van der Waals surface area contributed by atoms with Crippen LogP contribution in [0.3, 0.4) is 0 Å². The van der Waals surface area contributed by atoms with Crippen LogP contribution in [0.5, 0.6) is 0 Å². The first-order valence-electron chi connectivity index (χ1n) is 3.92. The summed E-state index contributed by atoms with van der Waals surface area (Å²) in [6.45, 7) is 0. The number of halogens is 1. The molecule has 1 atom stereocenters. The number of aliphatic hydroxyl groups excluding tert-OH is 1. The van der Waals surface area contributed by atoms with E-state index in [0.29, 0.717) is 10.6 Å². The van der Waals surface area contributed by atoms with Crippen LogP contribution in [0.25, 0.3) is 0 Å². The van der Waals surface area contributed by atoms with Gasteiger partial charge in [-0.15, -0.1) is 0 Å². The molecule has 0 bridgehead atoms. The number of carboxylic acids is 1. The zero-order chi connectivity index (χ0) is 10.6. The van der Waals surface area contributed by atoms with E-state index in [0.717, 1.165) is 12.2 Å². The Morgan fingerprint density at radius 3 is 2.40 bits per heavy atom. The first-order chi connectivity index (χ1) is 6.59. The van der Waals surface area contributed by atoms with Gasteiger partial charge in [-0.1, -0.05) is 23.7 Å². The maximum Gasteiger partial charge on any atom is 1.00 e. The van der Waals surface area contributed by atoms with Gasteiger partial charge in [0.2, 0.25) is 0 Å². The molecule has 0 aliphatic carbocycles. The van der Waals surface area contributed by atoms with Crippen LogP contribution >= 0.6 is 11.6 Å². The third-order valence-electron chi connectivity index (χ3n) is 1.63. The van der Waals surface area contributed by atoms with Gasteiger partial charge >= 0.3 is 29.6 Å². The van der Waals surface area contributed by atoms with Gasteiger partial charge in [0.1, 0.15) is 0 Å². The van der Waals surface area contributed by atoms with Gasteiger partial charge in [-0.05, 0) is 29.8 Å². The van der Waals surface area contributed by atoms with E-state index in [2.05, 4.69) is 0 Å². The van der Waals surface area contributed by atoms with Crippen LogP contribution in [0.15, 0.2) is 36.4 Å². The molecule has 3 nitrogen and oxygen atoms in total. The van der Waals surface area contributed by atoms with E-state index < -0.39 is 12.1 Å². The number of hydrogen-bond acceptors (Lipinski definition) is 3. The minimum atomic E-state index is -1.34. The van der Waals surface area contributed by atoms with Crippen molar-refractivity contribution in [3.63, 3.8) is 0 Å². The van der Waals surface area contributed by atoms with E-state index in [9.17, 15) is 15.0 Å². The van der Waals surface area contributed by atoms with Gasteiger partial charge in [-0.3, -0.25) is 0 Å². The van der Waals surface area contributed by atoms with Gasteiger partial charge < -0.3 is 15.0 Å². The smallest absolute Gasteiger partial charge is 0.545 e. The molecular weight excluding hydrogens is 227 g/mol. The molecule has 1 unspecified atom stereocenters. The van der Waals surface area contributed by atoms with Crippen LogP contribution in [0.1, 0.15) is 11.7 Å². The van der Waals surface area contributed by atoms with Gasteiger partial charge in [0.15, 0.2) is 0 Å². The summed E-state index contributed by atoms with van der Waals surface area (Å²) in [6.07, 6.45) is 0.975. The molecule has 0 spiro atoms. The minimum Gasteiger partial charge on any atom is -0.545 e. The molecule has 0 saturated heterocycles. The van der Waals surface area contributed by atoms with E-state index in [4.69, 9.17) is 11.6 Å². The zero-order valence-electron chi connectivity index (χ0n) is 8.18. The third-order valence-corrected chi connectivity index (χ3v) is 1.88. The summed E-state index contributed by atoms with van der Waals surface area (Å²) in [7, 11) is 0. The summed E-state index contributed by atoms with van der Waals surface area (Å²) in [5, 5.41) is 20.1. The van der Waals surface area contributed by atoms with Crippen molar-refractivity contribution in [3.05, 3.63) is 47.0 Å². The molecule has 0 fully saturated rings. The van der Waals surface area contributed by atoms with Crippen molar-refractivity contribution in [2.75, 3.05) is 0 Å². The summed E-state index contributed by atoms with van der Waals surface area (Å²) >= 11 is 5.64. The average molecular weight is 235 g/mol. The molecule has 0 aliphatic heterocycles. The topological polar surface area (TPSA) is 60.4 Å². The number of carbonyl (C=O) groups is 1. The van der Waals surface area contributed by atoms with E-state index >= 15 is 0 Å². The monoisotopic (exact) mass is 234 g/mol. The molecule has 5 heteroatoms. The maximum absolute atomic E-state index is 10.1. The molecule has 0 saturated carbocycles. The average Bonchev–Trinajstić information content (AvgIpc) is 2.15. The Hall–Kier alpha value is -0.320. The summed E-state index contributed by atoms with van der Waals surface area (Å²) in [5.74, 6) is -1.34. The molecule has 1 rings (SSSR count). The molecule has 0 heterocycles. The SMILES string of the molecule is O=C([O-])/C=C/C(O)c1ccc(Cl)cc1.[Na+]. The third kappa shape index (κ3) is 5.35. The van der Waals surface area contributed by atoms with Crippen LogP contribution in [0, 0.1) is 0 Å². The van der Waals surface area contributed by atoms with Crippen molar-refractivity contribution < 1.29 is 44.6 Å². The molecule has 74 valence electrons. The fraction of sp³-hybridized carbons (Fsp3) is 0.100. The van der Waals surface area contributed by atoms with E-state index in [1.807, 2.05) is 0 Å². The standard InChI is InChI=1S/C10H9ClO3.Na/c11-8-3-1-7(2-4-8)9(12)5-6-10(13)14;/h1-6,9,12H,(H,13,14);/q;+1/p-1/b6-5+;. The molecule has 1 N–H and O–H groups in total. The van der Waals surface area contributed by atoms with Crippen LogP contribution in [-0.4, -0.2) is 11.1 Å². The Balaban J connectivity index is 0.00000196. The molecule has 0 aromatic heterocycles. The molecule has 0 amide bonds. The van der Waals surface area contributed by atoms with Crippen LogP contribution in [0.2, 0.25) is 5.02 Å². The second-order valence-electron chi connectivity index (χ2n) is 2.67. The van der Waals surface area contributed by atoms with Gasteiger partial charge in [0.05, 0.1) is 12.1 Å². The summed E-state index contributed by atoms with van der Waals surface area (Å²) in [6, 6.07) is 6.47. The number of rotatable bonds is 3. The fourth-order valence-electron chi connectivity index (χ4n) is 0.941. The number of carbonyl (C=O) groups excluding carboxylic acids is 1.